The third kappa shape index (κ3) is 3.98. The van der Waals surface area contributed by atoms with Crippen molar-refractivity contribution in [1.82, 2.24) is 0 Å². The van der Waals surface area contributed by atoms with Gasteiger partial charge in [0.05, 0.1) is 24.4 Å². The third-order valence-corrected chi connectivity index (χ3v) is 2.55. The average molecular weight is 281 g/mol. The lowest BCUT2D eigenvalue weighted by molar-refractivity contribution is -0.117. The molecule has 0 saturated heterocycles. The van der Waals surface area contributed by atoms with E-state index >= 15 is 0 Å². The molecule has 0 radical (unpaired) electrons. The second kappa shape index (κ2) is 6.78. The molecule has 0 aromatic heterocycles. The molecule has 0 aliphatic rings. The first-order valence-electron chi connectivity index (χ1n) is 5.37. The van der Waals surface area contributed by atoms with Crippen LogP contribution in [0.4, 0.5) is 5.69 Å². The van der Waals surface area contributed by atoms with E-state index in [0.717, 1.165) is 0 Å². The van der Waals surface area contributed by atoms with Crippen molar-refractivity contribution < 1.29 is 14.3 Å². The van der Waals surface area contributed by atoms with Gasteiger partial charge >= 0.3 is 5.97 Å². The molecule has 0 heterocycles. The molecule has 1 rings (SSSR count). The lowest BCUT2D eigenvalue weighted by Crippen LogP contribution is -2.35. The summed E-state index contributed by atoms with van der Waals surface area (Å²) in [6.45, 7) is 0. The molecule has 1 atom stereocenters. The zero-order valence-corrected chi connectivity index (χ0v) is 11.0. The molecule has 3 N–H and O–H groups in total. The monoisotopic (exact) mass is 280 g/mol. The molecule has 1 aromatic carbocycles. The summed E-state index contributed by atoms with van der Waals surface area (Å²) in [5.41, 5.74) is 5.99. The predicted octanol–water partition coefficient (Wildman–Crippen LogP) is 1.42. The number of rotatable bonds is 4. The fraction of sp³-hybridized carbons (Fsp3) is 0.231. The number of terminal acetylenes is 1. The molecule has 0 bridgehead atoms. The van der Waals surface area contributed by atoms with Gasteiger partial charge in [-0.25, -0.2) is 4.79 Å². The van der Waals surface area contributed by atoms with Crippen LogP contribution in [0.2, 0.25) is 5.02 Å². The van der Waals surface area contributed by atoms with Crippen molar-refractivity contribution in [2.24, 2.45) is 5.73 Å². The first kappa shape index (κ1) is 15.0. The second-order valence-corrected chi connectivity index (χ2v) is 4.12. The van der Waals surface area contributed by atoms with Gasteiger partial charge in [0.25, 0.3) is 0 Å². The number of methoxy groups -OCH3 is 1. The molecular formula is C13H13ClN2O3. The van der Waals surface area contributed by atoms with Crippen molar-refractivity contribution in [1.29, 1.82) is 0 Å². The number of carbonyl (C=O) groups excluding carboxylic acids is 2. The molecular weight excluding hydrogens is 268 g/mol. The molecule has 5 nitrogen and oxygen atoms in total. The average Bonchev–Trinajstić information content (AvgIpc) is 2.40. The van der Waals surface area contributed by atoms with Gasteiger partial charge in [0.15, 0.2) is 0 Å². The van der Waals surface area contributed by atoms with E-state index in [1.807, 2.05) is 0 Å². The van der Waals surface area contributed by atoms with Crippen LogP contribution in [0.15, 0.2) is 18.2 Å². The van der Waals surface area contributed by atoms with Crippen molar-refractivity contribution in [2.75, 3.05) is 12.4 Å². The van der Waals surface area contributed by atoms with E-state index in [-0.39, 0.29) is 17.7 Å². The van der Waals surface area contributed by atoms with E-state index in [9.17, 15) is 9.59 Å². The van der Waals surface area contributed by atoms with E-state index in [1.54, 1.807) is 0 Å². The number of anilines is 1. The summed E-state index contributed by atoms with van der Waals surface area (Å²) >= 11 is 5.79. The van der Waals surface area contributed by atoms with Crippen LogP contribution in [0.3, 0.4) is 0 Å². The Morgan fingerprint density at radius 2 is 2.26 bits per heavy atom. The molecule has 1 unspecified atom stereocenters. The first-order chi connectivity index (χ1) is 8.99. The molecule has 1 amide bonds. The number of halogens is 1. The van der Waals surface area contributed by atoms with E-state index in [1.165, 1.54) is 25.3 Å². The molecule has 0 aliphatic carbocycles. The van der Waals surface area contributed by atoms with Crippen LogP contribution in [0.5, 0.6) is 0 Å². The van der Waals surface area contributed by atoms with Gasteiger partial charge in [-0.2, -0.15) is 0 Å². The number of ether oxygens (including phenoxy) is 1. The number of hydrogen-bond acceptors (Lipinski definition) is 4. The number of benzene rings is 1. The number of nitrogens with two attached hydrogens (primary N) is 1. The van der Waals surface area contributed by atoms with Gasteiger partial charge in [-0.1, -0.05) is 11.6 Å². The van der Waals surface area contributed by atoms with Crippen molar-refractivity contribution in [3.63, 3.8) is 0 Å². The van der Waals surface area contributed by atoms with E-state index in [0.29, 0.717) is 5.02 Å². The predicted molar refractivity (Wildman–Crippen MR) is 72.8 cm³/mol. The maximum Gasteiger partial charge on any atom is 0.340 e. The Balaban J connectivity index is 2.98. The fourth-order valence-corrected chi connectivity index (χ4v) is 1.52. The summed E-state index contributed by atoms with van der Waals surface area (Å²) in [5.74, 6) is 1.20. The fourth-order valence-electron chi connectivity index (χ4n) is 1.35. The van der Waals surface area contributed by atoms with Gasteiger partial charge in [-0.15, -0.1) is 12.3 Å². The van der Waals surface area contributed by atoms with Gasteiger partial charge in [0.2, 0.25) is 5.91 Å². The Morgan fingerprint density at radius 3 is 2.84 bits per heavy atom. The first-order valence-corrected chi connectivity index (χ1v) is 5.75. The Morgan fingerprint density at radius 1 is 1.58 bits per heavy atom. The molecule has 0 fully saturated rings. The minimum absolute atomic E-state index is 0.104. The molecule has 19 heavy (non-hydrogen) atoms. The second-order valence-electron chi connectivity index (χ2n) is 3.69. The van der Waals surface area contributed by atoms with E-state index in [2.05, 4.69) is 16.0 Å². The number of amides is 1. The number of hydrogen-bond donors (Lipinski definition) is 2. The normalized spacial score (nSPS) is 11.3. The van der Waals surface area contributed by atoms with Crippen LogP contribution in [-0.4, -0.2) is 25.0 Å². The van der Waals surface area contributed by atoms with Gasteiger partial charge in [-0.3, -0.25) is 4.79 Å². The van der Waals surface area contributed by atoms with Crippen LogP contribution < -0.4 is 11.1 Å². The Hall–Kier alpha value is -2.03. The Bertz CT molecular complexity index is 537. The molecule has 1 aromatic rings. The molecule has 6 heteroatoms. The highest BCUT2D eigenvalue weighted by molar-refractivity contribution is 6.31. The van der Waals surface area contributed by atoms with Gasteiger partial charge < -0.3 is 15.8 Å². The minimum Gasteiger partial charge on any atom is -0.465 e. The molecule has 0 spiro atoms. The summed E-state index contributed by atoms with van der Waals surface area (Å²) in [5, 5.41) is 2.87. The SMILES string of the molecule is C#CCC(N)C(=O)Nc1ccc(Cl)cc1C(=O)OC. The maximum absolute atomic E-state index is 11.7. The number of nitrogens with one attached hydrogen (secondary N) is 1. The van der Waals surface area contributed by atoms with E-state index in [4.69, 9.17) is 23.8 Å². The van der Waals surface area contributed by atoms with Gasteiger partial charge in [-0.05, 0) is 18.2 Å². The smallest absolute Gasteiger partial charge is 0.340 e. The highest BCUT2D eigenvalue weighted by atomic mass is 35.5. The summed E-state index contributed by atoms with van der Waals surface area (Å²) in [6, 6.07) is 3.59. The van der Waals surface area contributed by atoms with Crippen LogP contribution in [-0.2, 0) is 9.53 Å². The standard InChI is InChI=1S/C13H13ClN2O3/c1-3-4-10(15)12(17)16-11-6-5-8(14)7-9(11)13(18)19-2/h1,5-7,10H,4,15H2,2H3,(H,16,17). The van der Waals surface area contributed by atoms with Crippen LogP contribution >= 0.6 is 11.6 Å². The zero-order valence-electron chi connectivity index (χ0n) is 10.3. The van der Waals surface area contributed by atoms with E-state index < -0.39 is 17.9 Å². The lowest BCUT2D eigenvalue weighted by atomic mass is 10.1. The summed E-state index contributed by atoms with van der Waals surface area (Å²) in [4.78, 5) is 23.3. The Kier molecular flexibility index (Phi) is 5.37. The van der Waals surface area contributed by atoms with Crippen molar-refractivity contribution in [2.45, 2.75) is 12.5 Å². The highest BCUT2D eigenvalue weighted by Crippen LogP contribution is 2.21. The van der Waals surface area contributed by atoms with Gasteiger partial charge in [0, 0.05) is 11.4 Å². The highest BCUT2D eigenvalue weighted by Gasteiger charge is 2.17. The zero-order chi connectivity index (χ0) is 14.4. The summed E-state index contributed by atoms with van der Waals surface area (Å²) in [7, 11) is 1.24. The molecule has 100 valence electrons. The molecule has 0 saturated carbocycles. The van der Waals surface area contributed by atoms with Crippen LogP contribution in [0, 0.1) is 12.3 Å². The number of esters is 1. The minimum atomic E-state index is -0.842. The van der Waals surface area contributed by atoms with Crippen LogP contribution in [0.25, 0.3) is 0 Å². The topological polar surface area (TPSA) is 81.4 Å². The van der Waals surface area contributed by atoms with Crippen molar-refractivity contribution in [3.8, 4) is 12.3 Å². The summed E-state index contributed by atoms with van der Waals surface area (Å²) < 4.78 is 4.61. The summed E-state index contributed by atoms with van der Waals surface area (Å²) in [6.07, 6.45) is 5.18. The Labute approximate surface area is 116 Å². The number of carbonyl (C=O) groups is 2. The maximum atomic E-state index is 11.7. The van der Waals surface area contributed by atoms with Gasteiger partial charge in [0.1, 0.15) is 0 Å². The largest absolute Gasteiger partial charge is 0.465 e. The quantitative estimate of drug-likeness (QED) is 0.645. The van der Waals surface area contributed by atoms with Crippen molar-refractivity contribution in [3.05, 3.63) is 28.8 Å². The van der Waals surface area contributed by atoms with Crippen molar-refractivity contribution >= 4 is 29.2 Å². The molecule has 0 aliphatic heterocycles. The lowest BCUT2D eigenvalue weighted by Gasteiger charge is -2.12. The van der Waals surface area contributed by atoms with Crippen LogP contribution in [0.1, 0.15) is 16.8 Å². The third-order valence-electron chi connectivity index (χ3n) is 2.32.